The Labute approximate surface area is 133 Å². The van der Waals surface area contributed by atoms with Crippen LogP contribution >= 0.6 is 0 Å². The molecule has 1 N–H and O–H groups in total. The van der Waals surface area contributed by atoms with E-state index < -0.39 is 0 Å². The van der Waals surface area contributed by atoms with E-state index in [4.69, 9.17) is 9.47 Å². The minimum absolute atomic E-state index is 0.408. The van der Waals surface area contributed by atoms with Gasteiger partial charge in [-0.25, -0.2) is 0 Å². The molecule has 0 aliphatic carbocycles. The van der Waals surface area contributed by atoms with Crippen molar-refractivity contribution in [2.24, 2.45) is 11.3 Å². The van der Waals surface area contributed by atoms with E-state index in [9.17, 15) is 0 Å². The van der Waals surface area contributed by atoms with Gasteiger partial charge in [0.2, 0.25) is 0 Å². The summed E-state index contributed by atoms with van der Waals surface area (Å²) < 4.78 is 10.7. The molecule has 0 aromatic heterocycles. The van der Waals surface area contributed by atoms with Gasteiger partial charge in [0, 0.05) is 36.8 Å². The van der Waals surface area contributed by atoms with Crippen molar-refractivity contribution in [3.8, 4) is 5.75 Å². The molecule has 0 saturated carbocycles. The van der Waals surface area contributed by atoms with Gasteiger partial charge in [0.05, 0.1) is 20.3 Å². The van der Waals surface area contributed by atoms with E-state index in [1.165, 1.54) is 18.5 Å². The molecule has 1 aromatic rings. The van der Waals surface area contributed by atoms with Crippen molar-refractivity contribution in [2.45, 2.75) is 19.8 Å². The third-order valence-corrected chi connectivity index (χ3v) is 5.20. The lowest BCUT2D eigenvalue weighted by atomic mass is 9.83. The van der Waals surface area contributed by atoms with Gasteiger partial charge >= 0.3 is 0 Å². The van der Waals surface area contributed by atoms with E-state index in [-0.39, 0.29) is 0 Å². The zero-order valence-electron chi connectivity index (χ0n) is 13.8. The Morgan fingerprint density at radius 1 is 1.41 bits per heavy atom. The average Bonchev–Trinajstić information content (AvgIpc) is 2.99. The van der Waals surface area contributed by atoms with E-state index in [1.807, 2.05) is 6.07 Å². The zero-order valence-corrected chi connectivity index (χ0v) is 13.8. The summed E-state index contributed by atoms with van der Waals surface area (Å²) in [5, 5.41) is 3.68. The normalized spacial score (nSPS) is 23.4. The van der Waals surface area contributed by atoms with Crippen molar-refractivity contribution in [1.82, 2.24) is 5.32 Å². The van der Waals surface area contributed by atoms with Gasteiger partial charge in [-0.3, -0.25) is 0 Å². The molecule has 1 aromatic carbocycles. The fraction of sp³-hybridized carbons (Fsp3) is 0.667. The Balaban J connectivity index is 1.45. The molecule has 122 valence electrons. The molecule has 2 heterocycles. The molecule has 2 fully saturated rings. The largest absolute Gasteiger partial charge is 0.497 e. The molecular formula is C18H28N2O2. The third kappa shape index (κ3) is 3.39. The molecule has 0 spiro atoms. The van der Waals surface area contributed by atoms with Crippen LogP contribution in [0.5, 0.6) is 5.75 Å². The molecule has 2 aliphatic rings. The van der Waals surface area contributed by atoms with Crippen LogP contribution in [0.2, 0.25) is 0 Å². The Hall–Kier alpha value is -1.26. The first-order chi connectivity index (χ1) is 10.7. The topological polar surface area (TPSA) is 33.7 Å². The maximum atomic E-state index is 5.39. The van der Waals surface area contributed by atoms with E-state index in [2.05, 4.69) is 35.3 Å². The summed E-state index contributed by atoms with van der Waals surface area (Å²) in [6.07, 6.45) is 2.47. The highest BCUT2D eigenvalue weighted by atomic mass is 16.5. The average molecular weight is 304 g/mol. The fourth-order valence-corrected chi connectivity index (χ4v) is 3.40. The van der Waals surface area contributed by atoms with Crippen molar-refractivity contribution in [1.29, 1.82) is 0 Å². The molecule has 0 amide bonds. The van der Waals surface area contributed by atoms with Crippen LogP contribution in [-0.2, 0) is 4.74 Å². The van der Waals surface area contributed by atoms with Crippen LogP contribution in [0.1, 0.15) is 19.8 Å². The van der Waals surface area contributed by atoms with Gasteiger partial charge in [0.25, 0.3) is 0 Å². The summed E-state index contributed by atoms with van der Waals surface area (Å²) >= 11 is 0. The van der Waals surface area contributed by atoms with Gasteiger partial charge in [-0.1, -0.05) is 13.0 Å². The Kier molecular flexibility index (Phi) is 4.89. The number of nitrogens with zero attached hydrogens (tertiary/aromatic N) is 1. The standard InChI is InChI=1S/C18H28N2O2/c1-3-18(13-22-14-18)12-19-10-15-7-8-20(11-15)16-5-4-6-17(9-16)21-2/h4-6,9,15,19H,3,7-8,10-14H2,1-2H3/t15-/m1/s1. The summed E-state index contributed by atoms with van der Waals surface area (Å²) in [4.78, 5) is 2.47. The molecule has 0 unspecified atom stereocenters. The predicted molar refractivity (Wildman–Crippen MR) is 89.7 cm³/mol. The third-order valence-electron chi connectivity index (χ3n) is 5.20. The summed E-state index contributed by atoms with van der Waals surface area (Å²) in [7, 11) is 1.73. The number of hydrogen-bond donors (Lipinski definition) is 1. The highest BCUT2D eigenvalue weighted by molar-refractivity contribution is 5.51. The lowest BCUT2D eigenvalue weighted by Gasteiger charge is -2.41. The second kappa shape index (κ2) is 6.88. The van der Waals surface area contributed by atoms with Crippen LogP contribution in [0.4, 0.5) is 5.69 Å². The monoisotopic (exact) mass is 304 g/mol. The molecule has 0 bridgehead atoms. The van der Waals surface area contributed by atoms with Gasteiger partial charge in [0.1, 0.15) is 5.75 Å². The summed E-state index contributed by atoms with van der Waals surface area (Å²) in [6, 6.07) is 8.38. The maximum absolute atomic E-state index is 5.39. The molecule has 22 heavy (non-hydrogen) atoms. The molecule has 4 heteroatoms. The molecule has 2 saturated heterocycles. The number of benzene rings is 1. The van der Waals surface area contributed by atoms with E-state index >= 15 is 0 Å². The molecule has 0 radical (unpaired) electrons. The van der Waals surface area contributed by atoms with Crippen molar-refractivity contribution in [2.75, 3.05) is 51.4 Å². The van der Waals surface area contributed by atoms with Crippen molar-refractivity contribution >= 4 is 5.69 Å². The second-order valence-electron chi connectivity index (χ2n) is 6.78. The molecule has 3 rings (SSSR count). The van der Waals surface area contributed by atoms with Crippen LogP contribution in [-0.4, -0.2) is 46.5 Å². The number of methoxy groups -OCH3 is 1. The smallest absolute Gasteiger partial charge is 0.120 e. The highest BCUT2D eigenvalue weighted by Gasteiger charge is 2.36. The predicted octanol–water partition coefficient (Wildman–Crippen LogP) is 2.54. The van der Waals surface area contributed by atoms with E-state index in [0.29, 0.717) is 5.41 Å². The lowest BCUT2D eigenvalue weighted by Crippen LogP contribution is -2.50. The Bertz CT molecular complexity index is 482. The van der Waals surface area contributed by atoms with Crippen molar-refractivity contribution in [3.63, 3.8) is 0 Å². The lowest BCUT2D eigenvalue weighted by molar-refractivity contribution is -0.113. The van der Waals surface area contributed by atoms with Crippen molar-refractivity contribution in [3.05, 3.63) is 24.3 Å². The van der Waals surface area contributed by atoms with Crippen LogP contribution in [0.25, 0.3) is 0 Å². The van der Waals surface area contributed by atoms with E-state index in [1.54, 1.807) is 7.11 Å². The van der Waals surface area contributed by atoms with Gasteiger partial charge in [-0.15, -0.1) is 0 Å². The Morgan fingerprint density at radius 3 is 2.95 bits per heavy atom. The van der Waals surface area contributed by atoms with Gasteiger partial charge in [-0.05, 0) is 37.4 Å². The minimum Gasteiger partial charge on any atom is -0.497 e. The SMILES string of the molecule is CCC1(CNC[C@H]2CCN(c3cccc(OC)c3)C2)COC1. The molecule has 2 aliphatic heterocycles. The Morgan fingerprint density at radius 2 is 2.27 bits per heavy atom. The first-order valence-corrected chi connectivity index (χ1v) is 8.42. The van der Waals surface area contributed by atoms with Gasteiger partial charge in [-0.2, -0.15) is 0 Å². The van der Waals surface area contributed by atoms with Crippen LogP contribution in [0.15, 0.2) is 24.3 Å². The van der Waals surface area contributed by atoms with Gasteiger partial charge in [0.15, 0.2) is 0 Å². The first kappa shape index (κ1) is 15.6. The first-order valence-electron chi connectivity index (χ1n) is 8.42. The quantitative estimate of drug-likeness (QED) is 0.839. The molecule has 4 nitrogen and oxygen atoms in total. The number of hydrogen-bond acceptors (Lipinski definition) is 4. The molecular weight excluding hydrogens is 276 g/mol. The number of anilines is 1. The maximum Gasteiger partial charge on any atom is 0.120 e. The van der Waals surface area contributed by atoms with Crippen LogP contribution < -0.4 is 15.0 Å². The van der Waals surface area contributed by atoms with Crippen LogP contribution in [0.3, 0.4) is 0 Å². The van der Waals surface area contributed by atoms with Crippen LogP contribution in [0, 0.1) is 11.3 Å². The number of ether oxygens (including phenoxy) is 2. The van der Waals surface area contributed by atoms with Gasteiger partial charge < -0.3 is 19.7 Å². The molecule has 1 atom stereocenters. The zero-order chi connectivity index (χ0) is 15.4. The number of nitrogens with one attached hydrogen (secondary N) is 1. The minimum atomic E-state index is 0.408. The van der Waals surface area contributed by atoms with E-state index in [0.717, 1.165) is 51.1 Å². The summed E-state index contributed by atoms with van der Waals surface area (Å²) in [5.41, 5.74) is 1.68. The fourth-order valence-electron chi connectivity index (χ4n) is 3.40. The highest BCUT2D eigenvalue weighted by Crippen LogP contribution is 2.30. The summed E-state index contributed by atoms with van der Waals surface area (Å²) in [5.74, 6) is 1.68. The second-order valence-corrected chi connectivity index (χ2v) is 6.78. The van der Waals surface area contributed by atoms with Crippen molar-refractivity contribution < 1.29 is 9.47 Å². The summed E-state index contributed by atoms with van der Waals surface area (Å²) in [6.45, 7) is 8.61. The number of rotatable bonds is 7.